The van der Waals surface area contributed by atoms with Gasteiger partial charge in [-0.3, -0.25) is 5.21 Å². The summed E-state index contributed by atoms with van der Waals surface area (Å²) < 4.78 is 0. The van der Waals surface area contributed by atoms with Crippen LogP contribution in [0, 0.1) is 5.92 Å². The number of nitrogens with zero attached hydrogens (tertiary/aromatic N) is 4. The predicted molar refractivity (Wildman–Crippen MR) is 65.6 cm³/mol. The van der Waals surface area contributed by atoms with Crippen LogP contribution in [0.3, 0.4) is 0 Å². The summed E-state index contributed by atoms with van der Waals surface area (Å²) in [6, 6.07) is 0. The van der Waals surface area contributed by atoms with Gasteiger partial charge in [0.05, 0.1) is 13.1 Å². The molecule has 0 aromatic rings. The summed E-state index contributed by atoms with van der Waals surface area (Å²) in [7, 11) is 0. The van der Waals surface area contributed by atoms with Gasteiger partial charge in [-0.15, -0.1) is 10.2 Å². The molecule has 1 saturated heterocycles. The van der Waals surface area contributed by atoms with Crippen molar-refractivity contribution in [3.63, 3.8) is 0 Å². The number of allylic oxidation sites excluding steroid dienone is 3. The third kappa shape index (κ3) is 2.25. The Bertz CT molecular complexity index is 467. The number of nitrogens with two attached hydrogens (primary N) is 1. The summed E-state index contributed by atoms with van der Waals surface area (Å²) in [4.78, 5) is 4.51. The van der Waals surface area contributed by atoms with Crippen LogP contribution < -0.4 is 5.32 Å². The van der Waals surface area contributed by atoms with E-state index in [4.69, 9.17) is 5.21 Å². The molecule has 3 heterocycles. The van der Waals surface area contributed by atoms with E-state index in [9.17, 15) is 0 Å². The Morgan fingerprint density at radius 2 is 1.89 bits per heavy atom. The zero-order valence-corrected chi connectivity index (χ0v) is 10.0. The Labute approximate surface area is 105 Å². The molecule has 18 heavy (non-hydrogen) atoms. The molecular formula is C12H16N5O+. The minimum atomic E-state index is 0.447. The van der Waals surface area contributed by atoms with Crippen LogP contribution in [0.2, 0.25) is 0 Å². The Hall–Kier alpha value is -1.79. The number of hydrogen-bond donors (Lipinski definition) is 2. The first-order valence-corrected chi connectivity index (χ1v) is 6.23. The lowest BCUT2D eigenvalue weighted by Gasteiger charge is -2.17. The van der Waals surface area contributed by atoms with Gasteiger partial charge in [0.2, 0.25) is 0 Å². The van der Waals surface area contributed by atoms with E-state index in [1.807, 2.05) is 0 Å². The van der Waals surface area contributed by atoms with E-state index >= 15 is 0 Å². The van der Waals surface area contributed by atoms with Crippen LogP contribution in [-0.4, -0.2) is 29.2 Å². The minimum absolute atomic E-state index is 0.447. The van der Waals surface area contributed by atoms with Crippen molar-refractivity contribution in [2.75, 3.05) is 13.1 Å². The summed E-state index contributed by atoms with van der Waals surface area (Å²) in [6.45, 7) is 2.29. The maximum atomic E-state index is 9.17. The first kappa shape index (κ1) is 11.3. The van der Waals surface area contributed by atoms with E-state index in [0.29, 0.717) is 11.7 Å². The average molecular weight is 246 g/mol. The Balaban J connectivity index is 1.79. The molecule has 3 aliphatic rings. The number of azo groups is 1. The highest BCUT2D eigenvalue weighted by Gasteiger charge is 2.24. The van der Waals surface area contributed by atoms with Crippen molar-refractivity contribution >= 4 is 5.84 Å². The fraction of sp³-hybridized carbons (Fsp3) is 0.417. The zero-order valence-electron chi connectivity index (χ0n) is 10.0. The van der Waals surface area contributed by atoms with Gasteiger partial charge in [0.15, 0.2) is 11.7 Å². The van der Waals surface area contributed by atoms with Crippen molar-refractivity contribution in [3.8, 4) is 0 Å². The van der Waals surface area contributed by atoms with E-state index in [0.717, 1.165) is 42.4 Å². The van der Waals surface area contributed by atoms with Crippen molar-refractivity contribution < 1.29 is 10.5 Å². The lowest BCUT2D eigenvalue weighted by atomic mass is 9.97. The largest absolute Gasteiger partial charge is 0.346 e. The van der Waals surface area contributed by atoms with Crippen LogP contribution in [-0.2, 0) is 0 Å². The van der Waals surface area contributed by atoms with Crippen molar-refractivity contribution in [1.29, 1.82) is 0 Å². The lowest BCUT2D eigenvalue weighted by molar-refractivity contribution is -0.663. The molecule has 94 valence electrons. The van der Waals surface area contributed by atoms with E-state index < -0.39 is 0 Å². The van der Waals surface area contributed by atoms with Gasteiger partial charge in [0.25, 0.3) is 0 Å². The number of piperidine rings is 1. The van der Waals surface area contributed by atoms with Crippen molar-refractivity contribution in [3.05, 3.63) is 35.9 Å². The monoisotopic (exact) mass is 246 g/mol. The topological polar surface area (TPSA) is 77.2 Å². The van der Waals surface area contributed by atoms with Gasteiger partial charge in [-0.1, -0.05) is 0 Å². The maximum Gasteiger partial charge on any atom is 0.183 e. The van der Waals surface area contributed by atoms with Gasteiger partial charge < -0.3 is 5.32 Å². The number of aliphatic imine (C=N–C) groups is 1. The highest BCUT2D eigenvalue weighted by molar-refractivity contribution is 5.87. The number of hydrogen-bond acceptors (Lipinski definition) is 5. The Morgan fingerprint density at radius 3 is 2.61 bits per heavy atom. The van der Waals surface area contributed by atoms with Gasteiger partial charge in [-0.05, 0) is 12.2 Å². The quantitative estimate of drug-likeness (QED) is 0.716. The first-order chi connectivity index (χ1) is 8.83. The van der Waals surface area contributed by atoms with Crippen LogP contribution in [0.25, 0.3) is 0 Å². The molecule has 0 aromatic carbocycles. The van der Waals surface area contributed by atoms with Gasteiger partial charge in [-0.25, -0.2) is 10.1 Å². The molecule has 6 heteroatoms. The molecule has 0 bridgehead atoms. The molecule has 0 aliphatic carbocycles. The fourth-order valence-corrected chi connectivity index (χ4v) is 2.30. The molecule has 3 N–H and O–H groups in total. The summed E-state index contributed by atoms with van der Waals surface area (Å²) >= 11 is 0. The molecular weight excluding hydrogens is 230 g/mol. The van der Waals surface area contributed by atoms with Crippen LogP contribution in [0.1, 0.15) is 12.8 Å². The minimum Gasteiger partial charge on any atom is -0.346 e. The predicted octanol–water partition coefficient (Wildman–Crippen LogP) is 0.768. The Morgan fingerprint density at radius 1 is 1.17 bits per heavy atom. The third-order valence-corrected chi connectivity index (χ3v) is 3.34. The van der Waals surface area contributed by atoms with Crippen LogP contribution >= 0.6 is 0 Å². The zero-order chi connectivity index (χ0) is 12.4. The second kappa shape index (κ2) is 4.83. The second-order valence-corrected chi connectivity index (χ2v) is 4.60. The van der Waals surface area contributed by atoms with E-state index in [2.05, 4.69) is 20.5 Å². The fourth-order valence-electron chi connectivity index (χ4n) is 2.30. The lowest BCUT2D eigenvalue weighted by Crippen LogP contribution is -2.86. The molecule has 3 aliphatic heterocycles. The smallest absolute Gasteiger partial charge is 0.183 e. The first-order valence-electron chi connectivity index (χ1n) is 6.23. The second-order valence-electron chi connectivity index (χ2n) is 4.60. The third-order valence-electron chi connectivity index (χ3n) is 3.34. The van der Waals surface area contributed by atoms with Crippen LogP contribution in [0.4, 0.5) is 0 Å². The number of amidine groups is 1. The summed E-state index contributed by atoms with van der Waals surface area (Å²) in [6.07, 6.45) is 8.90. The number of quaternary nitrogens is 1. The van der Waals surface area contributed by atoms with Crippen molar-refractivity contribution in [1.82, 2.24) is 5.06 Å². The molecule has 0 saturated carbocycles. The number of rotatable bonds is 1. The standard InChI is InChI=1S/C12H15N5O/c18-17-7-3-10(4-8-17)12-14-11(15-16-12)9-1-5-13-6-2-9/h3-4,7-9,13,18H,1-2,5-6H2/p+1. The Kier molecular flexibility index (Phi) is 3.04. The van der Waals surface area contributed by atoms with E-state index in [1.165, 1.54) is 0 Å². The molecule has 0 unspecified atom stereocenters. The summed E-state index contributed by atoms with van der Waals surface area (Å²) in [5, 5.41) is 20.8. The van der Waals surface area contributed by atoms with Crippen LogP contribution in [0.15, 0.2) is 51.2 Å². The van der Waals surface area contributed by atoms with Crippen LogP contribution in [0.5, 0.6) is 0 Å². The highest BCUT2D eigenvalue weighted by atomic mass is 16.5. The maximum absolute atomic E-state index is 9.17. The molecule has 0 spiro atoms. The van der Waals surface area contributed by atoms with E-state index in [-0.39, 0.29) is 0 Å². The van der Waals surface area contributed by atoms with Gasteiger partial charge in [0, 0.05) is 36.7 Å². The molecule has 6 nitrogen and oxygen atoms in total. The molecule has 0 atom stereocenters. The highest BCUT2D eigenvalue weighted by Crippen LogP contribution is 2.24. The molecule has 0 aromatic heterocycles. The van der Waals surface area contributed by atoms with Crippen molar-refractivity contribution in [2.24, 2.45) is 21.1 Å². The SMILES string of the molecule is ON1C=CC(=C2N=NC(C3CC[NH2+]CC3)=N2)C=C1. The molecule has 3 rings (SSSR count). The summed E-state index contributed by atoms with van der Waals surface area (Å²) in [5.74, 6) is 1.95. The molecule has 1 fully saturated rings. The number of hydroxylamine groups is 2. The molecule has 0 radical (unpaired) electrons. The summed E-state index contributed by atoms with van der Waals surface area (Å²) in [5.41, 5.74) is 0.876. The van der Waals surface area contributed by atoms with Gasteiger partial charge in [-0.2, -0.15) is 0 Å². The van der Waals surface area contributed by atoms with Gasteiger partial charge >= 0.3 is 0 Å². The van der Waals surface area contributed by atoms with Crippen molar-refractivity contribution in [2.45, 2.75) is 12.8 Å². The average Bonchev–Trinajstić information content (AvgIpc) is 2.90. The normalized spacial score (nSPS) is 24.1. The van der Waals surface area contributed by atoms with Gasteiger partial charge in [0.1, 0.15) is 0 Å². The molecule has 0 amide bonds. The van der Waals surface area contributed by atoms with E-state index in [1.54, 1.807) is 24.6 Å².